The fraction of sp³-hybridized carbons (Fsp3) is 0.333. The van der Waals surface area contributed by atoms with E-state index in [2.05, 4.69) is 25.7 Å². The van der Waals surface area contributed by atoms with Crippen LogP contribution in [0.3, 0.4) is 0 Å². The minimum atomic E-state index is -0.599. The van der Waals surface area contributed by atoms with E-state index in [4.69, 9.17) is 4.74 Å². The van der Waals surface area contributed by atoms with E-state index < -0.39 is 6.09 Å². The summed E-state index contributed by atoms with van der Waals surface area (Å²) in [6.45, 7) is 3.72. The molecule has 0 aromatic carbocycles. The van der Waals surface area contributed by atoms with Crippen LogP contribution >= 0.6 is 11.3 Å². The lowest BCUT2D eigenvalue weighted by Crippen LogP contribution is -2.17. The first-order valence-corrected chi connectivity index (χ1v) is 9.49. The fourth-order valence-electron chi connectivity index (χ4n) is 2.71. The maximum absolute atomic E-state index is 12.2. The van der Waals surface area contributed by atoms with Crippen molar-refractivity contribution in [2.24, 2.45) is 7.05 Å². The van der Waals surface area contributed by atoms with Crippen LogP contribution in [0.1, 0.15) is 35.2 Å². The standard InChI is InChI=1S/C18H20N6O2S/c1-10-8-13(6-7-19-10)21-18(25)26-16-17(27-11(2)20-16)22-15-9-14(12-4-5-12)23-24(15)3/h6-9,12,22H,4-5H2,1-3H3,(H,19,21,25). The SMILES string of the molecule is Cc1cc(NC(=O)Oc2nc(C)sc2Nc2cc(C3CC3)nn2C)ccn1. The number of pyridine rings is 1. The van der Waals surface area contributed by atoms with Gasteiger partial charge < -0.3 is 10.1 Å². The monoisotopic (exact) mass is 384 g/mol. The van der Waals surface area contributed by atoms with E-state index in [1.807, 2.05) is 27.0 Å². The quantitative estimate of drug-likeness (QED) is 0.687. The van der Waals surface area contributed by atoms with Crippen LogP contribution < -0.4 is 15.4 Å². The molecule has 1 fully saturated rings. The second kappa shape index (κ2) is 6.99. The van der Waals surface area contributed by atoms with Crippen molar-refractivity contribution in [1.29, 1.82) is 0 Å². The Bertz CT molecular complexity index is 992. The van der Waals surface area contributed by atoms with E-state index in [9.17, 15) is 4.79 Å². The zero-order valence-electron chi connectivity index (χ0n) is 15.3. The summed E-state index contributed by atoms with van der Waals surface area (Å²) in [6, 6.07) is 5.51. The van der Waals surface area contributed by atoms with Gasteiger partial charge >= 0.3 is 6.09 Å². The molecular formula is C18H20N6O2S. The van der Waals surface area contributed by atoms with E-state index in [1.54, 1.807) is 23.0 Å². The first kappa shape index (κ1) is 17.5. The van der Waals surface area contributed by atoms with Crippen LogP contribution in [0.25, 0.3) is 0 Å². The summed E-state index contributed by atoms with van der Waals surface area (Å²) in [5.74, 6) is 1.66. The summed E-state index contributed by atoms with van der Waals surface area (Å²) in [5.41, 5.74) is 2.52. The third-order valence-corrected chi connectivity index (χ3v) is 5.04. The molecule has 0 spiro atoms. The van der Waals surface area contributed by atoms with Gasteiger partial charge in [-0.3, -0.25) is 15.0 Å². The van der Waals surface area contributed by atoms with E-state index in [0.29, 0.717) is 16.6 Å². The van der Waals surface area contributed by atoms with Crippen molar-refractivity contribution in [1.82, 2.24) is 19.7 Å². The van der Waals surface area contributed by atoms with E-state index >= 15 is 0 Å². The number of nitrogens with one attached hydrogen (secondary N) is 2. The molecule has 4 rings (SSSR count). The second-order valence-corrected chi connectivity index (χ2v) is 7.75. The molecule has 0 bridgehead atoms. The van der Waals surface area contributed by atoms with Gasteiger partial charge in [0.1, 0.15) is 5.82 Å². The Morgan fingerprint density at radius 1 is 1.33 bits per heavy atom. The number of carbonyl (C=O) groups is 1. The van der Waals surface area contributed by atoms with Gasteiger partial charge in [0.15, 0.2) is 5.00 Å². The van der Waals surface area contributed by atoms with Crippen molar-refractivity contribution < 1.29 is 9.53 Å². The lowest BCUT2D eigenvalue weighted by atomic mass is 10.3. The molecule has 3 heterocycles. The molecular weight excluding hydrogens is 364 g/mol. The first-order valence-electron chi connectivity index (χ1n) is 8.68. The average molecular weight is 384 g/mol. The molecule has 8 nitrogen and oxygen atoms in total. The molecule has 9 heteroatoms. The number of carbonyl (C=O) groups excluding carboxylic acids is 1. The minimum absolute atomic E-state index is 0.245. The Morgan fingerprint density at radius 2 is 2.15 bits per heavy atom. The summed E-state index contributed by atoms with van der Waals surface area (Å²) in [4.78, 5) is 20.7. The van der Waals surface area contributed by atoms with Gasteiger partial charge in [-0.05, 0) is 38.8 Å². The predicted octanol–water partition coefficient (Wildman–Crippen LogP) is 4.12. The highest BCUT2D eigenvalue weighted by Gasteiger charge is 2.27. The number of hydrogen-bond donors (Lipinski definition) is 2. The molecule has 0 saturated heterocycles. The van der Waals surface area contributed by atoms with Crippen molar-refractivity contribution in [3.05, 3.63) is 40.8 Å². The van der Waals surface area contributed by atoms with Gasteiger partial charge in [0, 0.05) is 36.6 Å². The smallest absolute Gasteiger partial charge is 0.388 e. The van der Waals surface area contributed by atoms with Crippen LogP contribution in [0.15, 0.2) is 24.4 Å². The lowest BCUT2D eigenvalue weighted by Gasteiger charge is -2.08. The number of thiazole rings is 1. The van der Waals surface area contributed by atoms with Crippen LogP contribution in [0.2, 0.25) is 0 Å². The normalized spacial score (nSPS) is 13.4. The molecule has 2 N–H and O–H groups in total. The van der Waals surface area contributed by atoms with E-state index in [-0.39, 0.29) is 5.88 Å². The number of ether oxygens (including phenoxy) is 1. The molecule has 1 aliphatic rings. The van der Waals surface area contributed by atoms with Gasteiger partial charge in [0.2, 0.25) is 0 Å². The highest BCUT2D eigenvalue weighted by Crippen LogP contribution is 2.41. The van der Waals surface area contributed by atoms with Gasteiger partial charge in [0.05, 0.1) is 10.7 Å². The number of anilines is 3. The summed E-state index contributed by atoms with van der Waals surface area (Å²) in [6.07, 6.45) is 3.42. The summed E-state index contributed by atoms with van der Waals surface area (Å²) in [5, 5.41) is 12.0. The molecule has 3 aromatic heterocycles. The van der Waals surface area contributed by atoms with Crippen LogP contribution in [0, 0.1) is 13.8 Å². The van der Waals surface area contributed by atoms with Gasteiger partial charge in [-0.2, -0.15) is 5.10 Å². The van der Waals surface area contributed by atoms with Crippen molar-refractivity contribution in [3.8, 4) is 5.88 Å². The van der Waals surface area contributed by atoms with Crippen molar-refractivity contribution in [3.63, 3.8) is 0 Å². The number of amides is 1. The highest BCUT2D eigenvalue weighted by atomic mass is 32.1. The first-order chi connectivity index (χ1) is 13.0. The van der Waals surface area contributed by atoms with Crippen LogP contribution in [0.4, 0.5) is 21.3 Å². The van der Waals surface area contributed by atoms with Crippen molar-refractivity contribution >= 4 is 33.9 Å². The lowest BCUT2D eigenvalue weighted by molar-refractivity contribution is 0.214. The van der Waals surface area contributed by atoms with Crippen molar-refractivity contribution in [2.75, 3.05) is 10.6 Å². The van der Waals surface area contributed by atoms with Crippen LogP contribution in [-0.2, 0) is 7.05 Å². The zero-order chi connectivity index (χ0) is 19.0. The molecule has 1 amide bonds. The molecule has 140 valence electrons. The van der Waals surface area contributed by atoms with Gasteiger partial charge in [-0.15, -0.1) is 0 Å². The van der Waals surface area contributed by atoms with E-state index in [1.165, 1.54) is 24.2 Å². The molecule has 0 unspecified atom stereocenters. The summed E-state index contributed by atoms with van der Waals surface area (Å²) in [7, 11) is 1.89. The van der Waals surface area contributed by atoms with Gasteiger partial charge in [-0.1, -0.05) is 11.3 Å². The Labute approximate surface area is 160 Å². The molecule has 1 aliphatic carbocycles. The molecule has 0 atom stereocenters. The molecule has 0 radical (unpaired) electrons. The molecule has 1 saturated carbocycles. The Morgan fingerprint density at radius 3 is 2.89 bits per heavy atom. The third-order valence-electron chi connectivity index (χ3n) is 4.17. The minimum Gasteiger partial charge on any atom is -0.388 e. The number of rotatable bonds is 5. The van der Waals surface area contributed by atoms with Crippen molar-refractivity contribution in [2.45, 2.75) is 32.6 Å². The predicted molar refractivity (Wildman–Crippen MR) is 104 cm³/mol. The Hall–Kier alpha value is -2.94. The topological polar surface area (TPSA) is 94.0 Å². The Balaban J connectivity index is 1.48. The highest BCUT2D eigenvalue weighted by molar-refractivity contribution is 7.16. The molecule has 3 aromatic rings. The maximum Gasteiger partial charge on any atom is 0.418 e. The third kappa shape index (κ3) is 4.08. The van der Waals surface area contributed by atoms with E-state index in [0.717, 1.165) is 22.2 Å². The second-order valence-electron chi connectivity index (χ2n) is 6.54. The summed E-state index contributed by atoms with van der Waals surface area (Å²) < 4.78 is 7.22. The summed E-state index contributed by atoms with van der Waals surface area (Å²) >= 11 is 1.42. The zero-order valence-corrected chi connectivity index (χ0v) is 16.1. The van der Waals surface area contributed by atoms with Crippen LogP contribution in [0.5, 0.6) is 5.88 Å². The van der Waals surface area contributed by atoms with Crippen LogP contribution in [-0.4, -0.2) is 25.8 Å². The van der Waals surface area contributed by atoms with Gasteiger partial charge in [-0.25, -0.2) is 9.78 Å². The molecule has 0 aliphatic heterocycles. The number of nitrogens with zero attached hydrogens (tertiary/aromatic N) is 4. The Kier molecular flexibility index (Phi) is 4.53. The number of aryl methyl sites for hydroxylation is 3. The largest absolute Gasteiger partial charge is 0.418 e. The number of aromatic nitrogens is 4. The maximum atomic E-state index is 12.2. The molecule has 27 heavy (non-hydrogen) atoms. The number of hydrogen-bond acceptors (Lipinski definition) is 7. The average Bonchev–Trinajstić information content (AvgIpc) is 3.31. The van der Waals surface area contributed by atoms with Gasteiger partial charge in [0.25, 0.3) is 5.88 Å². The fourth-order valence-corrected chi connectivity index (χ4v) is 3.47.